The van der Waals surface area contributed by atoms with Gasteiger partial charge in [-0.2, -0.15) is 0 Å². The fourth-order valence-corrected chi connectivity index (χ4v) is 5.17. The van der Waals surface area contributed by atoms with Crippen LogP contribution in [-0.4, -0.2) is 59.3 Å². The van der Waals surface area contributed by atoms with Gasteiger partial charge >= 0.3 is 6.03 Å². The third-order valence-corrected chi connectivity index (χ3v) is 6.88. The molecule has 7 heteroatoms. The highest BCUT2D eigenvalue weighted by Crippen LogP contribution is 2.44. The molecule has 2 aliphatic heterocycles. The van der Waals surface area contributed by atoms with E-state index in [-0.39, 0.29) is 28.1 Å². The highest BCUT2D eigenvalue weighted by molar-refractivity contribution is 8.01. The van der Waals surface area contributed by atoms with Gasteiger partial charge in [0, 0.05) is 25.2 Å². The number of benzene rings is 1. The zero-order valence-electron chi connectivity index (χ0n) is 18.1. The minimum atomic E-state index is -0.227. The molecule has 2 saturated heterocycles. The highest BCUT2D eigenvalue weighted by atomic mass is 32.2. The minimum Gasteiger partial charge on any atom is -0.497 e. The molecule has 0 saturated carbocycles. The summed E-state index contributed by atoms with van der Waals surface area (Å²) in [6.45, 7) is 10.2. The number of piperidine rings is 1. The summed E-state index contributed by atoms with van der Waals surface area (Å²) in [7, 11) is 1.66. The Bertz CT molecular complexity index is 724. The van der Waals surface area contributed by atoms with Crippen molar-refractivity contribution in [2.45, 2.75) is 56.7 Å². The number of nitrogens with one attached hydrogen (secondary N) is 1. The monoisotopic (exact) mass is 419 g/mol. The lowest BCUT2D eigenvalue weighted by atomic mass is 9.96. The van der Waals surface area contributed by atoms with E-state index in [2.05, 4.69) is 5.32 Å². The second kappa shape index (κ2) is 8.86. The first-order valence-corrected chi connectivity index (χ1v) is 11.3. The molecule has 3 rings (SSSR count). The molecule has 0 spiro atoms. The quantitative estimate of drug-likeness (QED) is 0.805. The lowest BCUT2D eigenvalue weighted by Gasteiger charge is -2.36. The third-order valence-electron chi connectivity index (χ3n) is 5.49. The van der Waals surface area contributed by atoms with Crippen LogP contribution in [0.3, 0.4) is 0 Å². The summed E-state index contributed by atoms with van der Waals surface area (Å²) in [6, 6.07) is 8.01. The van der Waals surface area contributed by atoms with Gasteiger partial charge < -0.3 is 19.9 Å². The lowest BCUT2D eigenvalue weighted by Crippen LogP contribution is -2.51. The van der Waals surface area contributed by atoms with Crippen molar-refractivity contribution >= 4 is 23.7 Å². The number of carbonyl (C=O) groups excluding carboxylic acids is 2. The summed E-state index contributed by atoms with van der Waals surface area (Å²) in [5, 5.41) is 3.06. The molecular weight excluding hydrogens is 386 g/mol. The average molecular weight is 420 g/mol. The molecular formula is C22H33N3O3S. The maximum atomic E-state index is 12.8. The minimum absolute atomic E-state index is 0.00786. The molecule has 0 aliphatic carbocycles. The zero-order chi connectivity index (χ0) is 21.2. The first-order chi connectivity index (χ1) is 13.7. The van der Waals surface area contributed by atoms with E-state index in [9.17, 15) is 9.59 Å². The third kappa shape index (κ3) is 5.38. The molecule has 0 aromatic heterocycles. The fraction of sp³-hybridized carbons (Fsp3) is 0.636. The van der Waals surface area contributed by atoms with Gasteiger partial charge in [0.2, 0.25) is 5.91 Å². The van der Waals surface area contributed by atoms with Crippen molar-refractivity contribution in [1.82, 2.24) is 15.1 Å². The average Bonchev–Trinajstić information content (AvgIpc) is 2.95. The molecule has 2 aliphatic rings. The Hall–Kier alpha value is -1.89. The molecule has 29 heavy (non-hydrogen) atoms. The molecule has 2 atom stereocenters. The van der Waals surface area contributed by atoms with Gasteiger partial charge in [0.1, 0.15) is 11.1 Å². The predicted molar refractivity (Wildman–Crippen MR) is 117 cm³/mol. The van der Waals surface area contributed by atoms with Crippen molar-refractivity contribution in [3.8, 4) is 5.75 Å². The molecule has 6 nitrogen and oxygen atoms in total. The van der Waals surface area contributed by atoms with Crippen LogP contribution in [0.2, 0.25) is 0 Å². The summed E-state index contributed by atoms with van der Waals surface area (Å²) in [4.78, 5) is 29.1. The first-order valence-electron chi connectivity index (χ1n) is 10.3. The topological polar surface area (TPSA) is 61.9 Å². The lowest BCUT2D eigenvalue weighted by molar-refractivity contribution is -0.130. The van der Waals surface area contributed by atoms with Crippen LogP contribution in [0.25, 0.3) is 0 Å². The van der Waals surface area contributed by atoms with E-state index < -0.39 is 0 Å². The first kappa shape index (κ1) is 21.8. The number of ether oxygens (including phenoxy) is 1. The number of likely N-dealkylation sites (tertiary alicyclic amines) is 1. The smallest absolute Gasteiger partial charge is 0.317 e. The molecule has 2 heterocycles. The molecule has 2 fully saturated rings. The largest absolute Gasteiger partial charge is 0.497 e. The van der Waals surface area contributed by atoms with Gasteiger partial charge in [-0.05, 0) is 64.2 Å². The molecule has 1 aromatic carbocycles. The Kier molecular flexibility index (Phi) is 6.66. The van der Waals surface area contributed by atoms with Gasteiger partial charge in [0.05, 0.1) is 12.4 Å². The van der Waals surface area contributed by atoms with Crippen molar-refractivity contribution in [2.24, 2.45) is 5.92 Å². The number of methoxy groups -OCH3 is 1. The Morgan fingerprint density at radius 1 is 1.21 bits per heavy atom. The summed E-state index contributed by atoms with van der Waals surface area (Å²) in [5.74, 6) is 1.46. The Morgan fingerprint density at radius 2 is 1.83 bits per heavy atom. The van der Waals surface area contributed by atoms with E-state index in [4.69, 9.17) is 4.74 Å². The van der Waals surface area contributed by atoms with Crippen LogP contribution in [0.1, 0.15) is 51.5 Å². The molecule has 3 amide bonds. The van der Waals surface area contributed by atoms with Crippen molar-refractivity contribution < 1.29 is 14.3 Å². The predicted octanol–water partition coefficient (Wildman–Crippen LogP) is 3.88. The Balaban J connectivity index is 1.61. The van der Waals surface area contributed by atoms with Gasteiger partial charge in [0.15, 0.2) is 0 Å². The summed E-state index contributed by atoms with van der Waals surface area (Å²) in [6.07, 6.45) is 1.85. The Morgan fingerprint density at radius 3 is 2.38 bits per heavy atom. The van der Waals surface area contributed by atoms with Gasteiger partial charge in [-0.25, -0.2) is 4.79 Å². The number of thioether (sulfide) groups is 1. The van der Waals surface area contributed by atoms with Crippen LogP contribution in [-0.2, 0) is 4.79 Å². The fourth-order valence-electron chi connectivity index (χ4n) is 3.88. The molecule has 160 valence electrons. The van der Waals surface area contributed by atoms with Crippen molar-refractivity contribution in [1.29, 1.82) is 0 Å². The molecule has 1 N–H and O–H groups in total. The molecule has 0 bridgehead atoms. The van der Waals surface area contributed by atoms with E-state index in [1.807, 2.05) is 61.8 Å². The number of hydrogen-bond donors (Lipinski definition) is 1. The van der Waals surface area contributed by atoms with E-state index in [1.54, 1.807) is 18.9 Å². The van der Waals surface area contributed by atoms with Gasteiger partial charge in [-0.15, -0.1) is 11.8 Å². The summed E-state index contributed by atoms with van der Waals surface area (Å²) < 4.78 is 5.26. The van der Waals surface area contributed by atoms with E-state index in [0.29, 0.717) is 5.92 Å². The van der Waals surface area contributed by atoms with Gasteiger partial charge in [0.25, 0.3) is 0 Å². The van der Waals surface area contributed by atoms with Gasteiger partial charge in [-0.1, -0.05) is 12.1 Å². The molecule has 0 radical (unpaired) electrons. The number of carbonyl (C=O) groups is 2. The zero-order valence-corrected chi connectivity index (χ0v) is 18.9. The van der Waals surface area contributed by atoms with Crippen LogP contribution in [0, 0.1) is 5.92 Å². The maximum absolute atomic E-state index is 12.8. The number of urea groups is 1. The SMILES string of the molecule is COc1ccc([C@H]2S[C@H](C)C(=O)N2CC2CCN(C(=O)NC(C)(C)C)CC2)cc1. The molecule has 1 aromatic rings. The highest BCUT2D eigenvalue weighted by Gasteiger charge is 2.40. The number of nitrogens with zero attached hydrogens (tertiary/aromatic N) is 2. The summed E-state index contributed by atoms with van der Waals surface area (Å²) in [5.41, 5.74) is 0.907. The number of amides is 3. The number of rotatable bonds is 4. The Labute approximate surface area is 178 Å². The second-order valence-electron chi connectivity index (χ2n) is 9.01. The van der Waals surface area contributed by atoms with Crippen LogP contribution in [0.15, 0.2) is 24.3 Å². The number of hydrogen-bond acceptors (Lipinski definition) is 4. The van der Waals surface area contributed by atoms with Crippen LogP contribution >= 0.6 is 11.8 Å². The maximum Gasteiger partial charge on any atom is 0.317 e. The second-order valence-corrected chi connectivity index (χ2v) is 10.4. The van der Waals surface area contributed by atoms with Crippen LogP contribution in [0.4, 0.5) is 4.79 Å². The molecule has 0 unspecified atom stereocenters. The van der Waals surface area contributed by atoms with E-state index >= 15 is 0 Å². The van der Waals surface area contributed by atoms with Crippen molar-refractivity contribution in [3.05, 3.63) is 29.8 Å². The van der Waals surface area contributed by atoms with Crippen molar-refractivity contribution in [3.63, 3.8) is 0 Å². The standard InChI is InChI=1S/C22H33N3O3S/c1-15-19(26)25(20(29-15)17-6-8-18(28-5)9-7-17)14-16-10-12-24(13-11-16)21(27)23-22(2,3)4/h6-9,15-16,20H,10-14H2,1-5H3,(H,23,27)/t15-,20-/m1/s1. The normalized spacial score (nSPS) is 23.4. The van der Waals surface area contributed by atoms with E-state index in [1.165, 1.54) is 0 Å². The van der Waals surface area contributed by atoms with Crippen molar-refractivity contribution in [2.75, 3.05) is 26.7 Å². The van der Waals surface area contributed by atoms with Gasteiger partial charge in [-0.3, -0.25) is 4.79 Å². The summed E-state index contributed by atoms with van der Waals surface area (Å²) >= 11 is 1.71. The van der Waals surface area contributed by atoms with Crippen LogP contribution < -0.4 is 10.1 Å². The van der Waals surface area contributed by atoms with Crippen LogP contribution in [0.5, 0.6) is 5.75 Å². The van der Waals surface area contributed by atoms with E-state index in [0.717, 1.165) is 43.8 Å².